The van der Waals surface area contributed by atoms with Crippen LogP contribution in [0.1, 0.15) is 45.1 Å². The molecule has 0 aliphatic carbocycles. The van der Waals surface area contributed by atoms with Gasteiger partial charge in [-0.25, -0.2) is 9.59 Å². The predicted molar refractivity (Wildman–Crippen MR) is 113 cm³/mol. The molecule has 0 radical (unpaired) electrons. The summed E-state index contributed by atoms with van der Waals surface area (Å²) in [6, 6.07) is 7.10. The molecule has 1 atom stereocenters. The summed E-state index contributed by atoms with van der Waals surface area (Å²) >= 11 is 0. The van der Waals surface area contributed by atoms with Crippen molar-refractivity contribution in [3.8, 4) is 0 Å². The summed E-state index contributed by atoms with van der Waals surface area (Å²) < 4.78 is 4.84. The van der Waals surface area contributed by atoms with E-state index in [0.717, 1.165) is 30.9 Å². The Kier molecular flexibility index (Phi) is 9.55. The summed E-state index contributed by atoms with van der Waals surface area (Å²) in [5, 5.41) is 5.73. The first-order chi connectivity index (χ1) is 13.6. The first kappa shape index (κ1) is 22.0. The average Bonchev–Trinajstić information content (AvgIpc) is 2.67. The fourth-order valence-corrected chi connectivity index (χ4v) is 3.36. The summed E-state index contributed by atoms with van der Waals surface area (Å²) in [4.78, 5) is 25.8. The summed E-state index contributed by atoms with van der Waals surface area (Å²) in [7, 11) is 0. The number of unbranched alkanes of at least 4 members (excludes halogenated alkanes) is 1. The van der Waals surface area contributed by atoms with Gasteiger partial charge in [-0.15, -0.1) is 0 Å². The second kappa shape index (κ2) is 12.2. The maximum absolute atomic E-state index is 12.0. The van der Waals surface area contributed by atoms with Crippen LogP contribution >= 0.6 is 0 Å². The number of rotatable bonds is 9. The van der Waals surface area contributed by atoms with E-state index in [9.17, 15) is 9.59 Å². The molecule has 2 N–H and O–H groups in total. The Morgan fingerprint density at radius 1 is 1.25 bits per heavy atom. The van der Waals surface area contributed by atoms with Crippen LogP contribution in [-0.4, -0.2) is 49.7 Å². The van der Waals surface area contributed by atoms with Gasteiger partial charge < -0.3 is 20.3 Å². The van der Waals surface area contributed by atoms with E-state index in [2.05, 4.69) is 22.5 Å². The van der Waals surface area contributed by atoms with Gasteiger partial charge in [-0.3, -0.25) is 0 Å². The highest BCUT2D eigenvalue weighted by Crippen LogP contribution is 2.15. The van der Waals surface area contributed by atoms with Gasteiger partial charge in [0.05, 0.1) is 6.61 Å². The van der Waals surface area contributed by atoms with Crippen molar-refractivity contribution in [2.45, 2.75) is 39.5 Å². The fourth-order valence-electron chi connectivity index (χ4n) is 3.36. The van der Waals surface area contributed by atoms with E-state index in [0.29, 0.717) is 18.8 Å². The number of piperidine rings is 1. The molecular weight excluding hydrogens is 354 g/mol. The Morgan fingerprint density at radius 3 is 2.75 bits per heavy atom. The number of urea groups is 1. The number of carbonyl (C=O) groups excluding carboxylic acids is 2. The lowest BCUT2D eigenvalue weighted by atomic mass is 10.0. The highest BCUT2D eigenvalue weighted by molar-refractivity contribution is 5.90. The molecule has 0 bridgehead atoms. The Morgan fingerprint density at radius 2 is 2.04 bits per heavy atom. The van der Waals surface area contributed by atoms with Crippen molar-refractivity contribution < 1.29 is 14.3 Å². The quantitative estimate of drug-likeness (QED) is 0.383. The van der Waals surface area contributed by atoms with E-state index in [4.69, 9.17) is 4.74 Å². The number of ether oxygens (including phenoxy) is 1. The van der Waals surface area contributed by atoms with Crippen LogP contribution in [-0.2, 0) is 9.53 Å². The number of nitrogens with one attached hydrogen (secondary N) is 2. The summed E-state index contributed by atoms with van der Waals surface area (Å²) in [5.74, 6) is 0.448. The van der Waals surface area contributed by atoms with Gasteiger partial charge >= 0.3 is 12.0 Å². The van der Waals surface area contributed by atoms with Crippen molar-refractivity contribution in [1.82, 2.24) is 10.2 Å². The third-order valence-electron chi connectivity index (χ3n) is 4.79. The third-order valence-corrected chi connectivity index (χ3v) is 4.79. The lowest BCUT2D eigenvalue weighted by Gasteiger charge is -2.30. The van der Waals surface area contributed by atoms with Crippen LogP contribution in [0.5, 0.6) is 0 Å². The Balaban J connectivity index is 1.61. The maximum atomic E-state index is 12.0. The minimum Gasteiger partial charge on any atom is -0.463 e. The number of benzene rings is 1. The van der Waals surface area contributed by atoms with Crippen molar-refractivity contribution in [1.29, 1.82) is 0 Å². The molecule has 1 aliphatic heterocycles. The van der Waals surface area contributed by atoms with Crippen molar-refractivity contribution >= 4 is 23.8 Å². The van der Waals surface area contributed by atoms with Crippen LogP contribution in [0, 0.1) is 5.92 Å². The largest absolute Gasteiger partial charge is 0.463 e. The van der Waals surface area contributed by atoms with E-state index in [1.165, 1.54) is 32.0 Å². The average molecular weight is 388 g/mol. The minimum atomic E-state index is -0.362. The molecule has 2 rings (SSSR count). The summed E-state index contributed by atoms with van der Waals surface area (Å²) in [5.41, 5.74) is 1.58. The molecule has 1 aromatic carbocycles. The van der Waals surface area contributed by atoms with Crippen LogP contribution in [0.15, 0.2) is 30.3 Å². The third kappa shape index (κ3) is 8.57. The van der Waals surface area contributed by atoms with Crippen LogP contribution < -0.4 is 10.6 Å². The highest BCUT2D eigenvalue weighted by atomic mass is 16.5. The lowest BCUT2D eigenvalue weighted by molar-refractivity contribution is -0.137. The zero-order chi connectivity index (χ0) is 20.2. The van der Waals surface area contributed by atoms with Gasteiger partial charge in [-0.1, -0.05) is 19.1 Å². The van der Waals surface area contributed by atoms with Crippen molar-refractivity contribution in [3.05, 3.63) is 35.9 Å². The van der Waals surface area contributed by atoms with E-state index >= 15 is 0 Å². The number of hydrogen-bond acceptors (Lipinski definition) is 4. The Labute approximate surface area is 168 Å². The maximum Gasteiger partial charge on any atom is 0.330 e. The molecule has 2 amide bonds. The monoisotopic (exact) mass is 387 g/mol. The SMILES string of the molecule is CCOC(=O)C=Cc1ccc(NC(=O)NCCCCN2CCCC(C)C2)cc1. The van der Waals surface area contributed by atoms with Crippen molar-refractivity contribution in [3.63, 3.8) is 0 Å². The Hall–Kier alpha value is -2.34. The Bertz CT molecular complexity index is 643. The molecule has 1 unspecified atom stereocenters. The summed E-state index contributed by atoms with van der Waals surface area (Å²) in [6.45, 7) is 8.67. The van der Waals surface area contributed by atoms with Crippen LogP contribution in [0.2, 0.25) is 0 Å². The number of nitrogens with zero attached hydrogens (tertiary/aromatic N) is 1. The van der Waals surface area contributed by atoms with Crippen LogP contribution in [0.4, 0.5) is 10.5 Å². The number of amides is 2. The van der Waals surface area contributed by atoms with Gasteiger partial charge in [0.2, 0.25) is 0 Å². The van der Waals surface area contributed by atoms with Gasteiger partial charge in [-0.2, -0.15) is 0 Å². The number of likely N-dealkylation sites (tertiary alicyclic amines) is 1. The topological polar surface area (TPSA) is 70.7 Å². The number of hydrogen-bond donors (Lipinski definition) is 2. The second-order valence-electron chi connectivity index (χ2n) is 7.34. The molecule has 1 heterocycles. The molecular formula is C22H33N3O3. The first-order valence-corrected chi connectivity index (χ1v) is 10.3. The molecule has 0 spiro atoms. The number of anilines is 1. The van der Waals surface area contributed by atoms with E-state index < -0.39 is 0 Å². The fraction of sp³-hybridized carbons (Fsp3) is 0.545. The molecule has 0 saturated carbocycles. The standard InChI is InChI=1S/C22H33N3O3/c1-3-28-21(26)13-10-19-8-11-20(12-9-19)24-22(27)23-14-4-5-15-25-16-6-7-18(2)17-25/h8-13,18H,3-7,14-17H2,1-2H3,(H2,23,24,27). The van der Waals surface area contributed by atoms with Crippen LogP contribution in [0.25, 0.3) is 6.08 Å². The minimum absolute atomic E-state index is 0.193. The van der Waals surface area contributed by atoms with Gasteiger partial charge in [0.15, 0.2) is 0 Å². The zero-order valence-electron chi connectivity index (χ0n) is 17.1. The molecule has 6 nitrogen and oxygen atoms in total. The molecule has 1 saturated heterocycles. The van der Waals surface area contributed by atoms with E-state index in [1.807, 2.05) is 24.3 Å². The van der Waals surface area contributed by atoms with Crippen molar-refractivity contribution in [2.75, 3.05) is 38.1 Å². The zero-order valence-corrected chi connectivity index (χ0v) is 17.1. The highest BCUT2D eigenvalue weighted by Gasteiger charge is 2.15. The molecule has 28 heavy (non-hydrogen) atoms. The smallest absolute Gasteiger partial charge is 0.330 e. The van der Waals surface area contributed by atoms with Gasteiger partial charge in [0.1, 0.15) is 0 Å². The normalized spacial score (nSPS) is 17.4. The van der Waals surface area contributed by atoms with Gasteiger partial charge in [0, 0.05) is 24.9 Å². The molecule has 154 valence electrons. The van der Waals surface area contributed by atoms with E-state index in [-0.39, 0.29) is 12.0 Å². The second-order valence-corrected chi connectivity index (χ2v) is 7.34. The van der Waals surface area contributed by atoms with Crippen LogP contribution in [0.3, 0.4) is 0 Å². The molecule has 1 aromatic rings. The molecule has 0 aromatic heterocycles. The van der Waals surface area contributed by atoms with Gasteiger partial charge in [-0.05, 0) is 75.4 Å². The first-order valence-electron chi connectivity index (χ1n) is 10.3. The van der Waals surface area contributed by atoms with Gasteiger partial charge in [0.25, 0.3) is 0 Å². The lowest BCUT2D eigenvalue weighted by Crippen LogP contribution is -2.35. The molecule has 6 heteroatoms. The number of esters is 1. The van der Waals surface area contributed by atoms with Crippen molar-refractivity contribution in [2.24, 2.45) is 5.92 Å². The molecule has 1 aliphatic rings. The molecule has 1 fully saturated rings. The summed E-state index contributed by atoms with van der Waals surface area (Å²) in [6.07, 6.45) is 7.82. The number of carbonyl (C=O) groups is 2. The van der Waals surface area contributed by atoms with E-state index in [1.54, 1.807) is 13.0 Å². The predicted octanol–water partition coefficient (Wildman–Crippen LogP) is 3.90.